The zero-order chi connectivity index (χ0) is 15.2. The Morgan fingerprint density at radius 1 is 1.33 bits per heavy atom. The Bertz CT molecular complexity index is 627. The standard InChI is InChI=1S/C16H22N4O/c1-3-18-15(21)11-20(4-2)16-12(9-17)10-19-14-8-6-5-7-13(14)16/h5-8,10H,3-4,9,11,17H2,1-2H3,(H,18,21). The summed E-state index contributed by atoms with van der Waals surface area (Å²) in [5, 5.41) is 3.87. The third-order valence-corrected chi connectivity index (χ3v) is 3.45. The van der Waals surface area contributed by atoms with Gasteiger partial charge in [0.05, 0.1) is 17.7 Å². The van der Waals surface area contributed by atoms with Gasteiger partial charge in [-0.05, 0) is 19.9 Å². The van der Waals surface area contributed by atoms with E-state index in [1.165, 1.54) is 0 Å². The number of amides is 1. The van der Waals surface area contributed by atoms with Crippen LogP contribution in [0.3, 0.4) is 0 Å². The zero-order valence-corrected chi connectivity index (χ0v) is 12.6. The highest BCUT2D eigenvalue weighted by Crippen LogP contribution is 2.29. The molecular weight excluding hydrogens is 264 g/mol. The minimum absolute atomic E-state index is 0.0169. The number of nitrogens with one attached hydrogen (secondary N) is 1. The summed E-state index contributed by atoms with van der Waals surface area (Å²) in [6, 6.07) is 7.94. The molecule has 0 spiro atoms. The van der Waals surface area contributed by atoms with E-state index in [1.54, 1.807) is 6.20 Å². The van der Waals surface area contributed by atoms with E-state index in [1.807, 2.05) is 38.1 Å². The van der Waals surface area contributed by atoms with Gasteiger partial charge in [-0.15, -0.1) is 0 Å². The van der Waals surface area contributed by atoms with Crippen molar-refractivity contribution in [3.05, 3.63) is 36.0 Å². The Labute approximate surface area is 125 Å². The number of carbonyl (C=O) groups excluding carboxylic acids is 1. The smallest absolute Gasteiger partial charge is 0.239 e. The van der Waals surface area contributed by atoms with Gasteiger partial charge in [-0.25, -0.2) is 0 Å². The van der Waals surface area contributed by atoms with Crippen LogP contribution in [0.5, 0.6) is 0 Å². The quantitative estimate of drug-likeness (QED) is 0.847. The van der Waals surface area contributed by atoms with Gasteiger partial charge in [0.2, 0.25) is 5.91 Å². The van der Waals surface area contributed by atoms with Crippen molar-refractivity contribution >= 4 is 22.5 Å². The van der Waals surface area contributed by atoms with Gasteiger partial charge in [0.25, 0.3) is 0 Å². The molecule has 0 unspecified atom stereocenters. The molecule has 2 aromatic rings. The first-order valence-corrected chi connectivity index (χ1v) is 7.29. The summed E-state index contributed by atoms with van der Waals surface area (Å²) in [6.45, 7) is 6.05. The van der Waals surface area contributed by atoms with Crippen LogP contribution in [0.4, 0.5) is 5.69 Å². The van der Waals surface area contributed by atoms with Crippen molar-refractivity contribution in [3.8, 4) is 0 Å². The Balaban J connectivity index is 2.47. The second-order valence-electron chi connectivity index (χ2n) is 4.82. The molecule has 1 amide bonds. The average Bonchev–Trinajstić information content (AvgIpc) is 2.52. The molecule has 0 atom stereocenters. The van der Waals surface area contributed by atoms with Crippen molar-refractivity contribution in [2.45, 2.75) is 20.4 Å². The summed E-state index contributed by atoms with van der Waals surface area (Å²) >= 11 is 0. The number of benzene rings is 1. The number of hydrogen-bond donors (Lipinski definition) is 2. The van der Waals surface area contributed by atoms with Crippen molar-refractivity contribution in [1.82, 2.24) is 10.3 Å². The summed E-state index contributed by atoms with van der Waals surface area (Å²) < 4.78 is 0. The molecule has 1 aromatic heterocycles. The molecule has 0 saturated heterocycles. The van der Waals surface area contributed by atoms with E-state index in [-0.39, 0.29) is 5.91 Å². The number of nitrogens with zero attached hydrogens (tertiary/aromatic N) is 2. The van der Waals surface area contributed by atoms with Crippen LogP contribution in [0.2, 0.25) is 0 Å². The molecular formula is C16H22N4O. The van der Waals surface area contributed by atoms with Gasteiger partial charge in [0.15, 0.2) is 0 Å². The summed E-state index contributed by atoms with van der Waals surface area (Å²) in [7, 11) is 0. The molecule has 3 N–H and O–H groups in total. The van der Waals surface area contributed by atoms with E-state index < -0.39 is 0 Å². The van der Waals surface area contributed by atoms with Gasteiger partial charge >= 0.3 is 0 Å². The van der Waals surface area contributed by atoms with Crippen molar-refractivity contribution in [2.24, 2.45) is 5.73 Å². The highest BCUT2D eigenvalue weighted by Gasteiger charge is 2.16. The van der Waals surface area contributed by atoms with E-state index in [2.05, 4.69) is 15.2 Å². The Kier molecular flexibility index (Phi) is 5.11. The van der Waals surface area contributed by atoms with Crippen LogP contribution in [-0.4, -0.2) is 30.5 Å². The van der Waals surface area contributed by atoms with Crippen molar-refractivity contribution in [2.75, 3.05) is 24.5 Å². The van der Waals surface area contributed by atoms with Crippen LogP contribution in [0.1, 0.15) is 19.4 Å². The van der Waals surface area contributed by atoms with Crippen molar-refractivity contribution in [1.29, 1.82) is 0 Å². The number of carbonyl (C=O) groups is 1. The minimum atomic E-state index is 0.0169. The Morgan fingerprint density at radius 3 is 2.76 bits per heavy atom. The van der Waals surface area contributed by atoms with Gasteiger partial charge in [-0.1, -0.05) is 18.2 Å². The normalized spacial score (nSPS) is 10.6. The van der Waals surface area contributed by atoms with Crippen LogP contribution in [-0.2, 0) is 11.3 Å². The second-order valence-corrected chi connectivity index (χ2v) is 4.82. The number of fused-ring (bicyclic) bond motifs is 1. The summed E-state index contributed by atoms with van der Waals surface area (Å²) in [5.74, 6) is 0.0169. The zero-order valence-electron chi connectivity index (χ0n) is 12.6. The van der Waals surface area contributed by atoms with E-state index in [0.29, 0.717) is 19.6 Å². The van der Waals surface area contributed by atoms with Crippen molar-refractivity contribution < 1.29 is 4.79 Å². The molecule has 1 heterocycles. The first kappa shape index (κ1) is 15.3. The Hall–Kier alpha value is -2.14. The number of aromatic nitrogens is 1. The number of anilines is 1. The third-order valence-electron chi connectivity index (χ3n) is 3.45. The van der Waals surface area contributed by atoms with E-state index in [0.717, 1.165) is 28.7 Å². The highest BCUT2D eigenvalue weighted by molar-refractivity contribution is 5.95. The maximum Gasteiger partial charge on any atom is 0.239 e. The van der Waals surface area contributed by atoms with Crippen LogP contribution < -0.4 is 16.0 Å². The van der Waals surface area contributed by atoms with Gasteiger partial charge in [0, 0.05) is 36.8 Å². The number of rotatable bonds is 6. The summed E-state index contributed by atoms with van der Waals surface area (Å²) in [4.78, 5) is 18.4. The fourth-order valence-electron chi connectivity index (χ4n) is 2.47. The number of likely N-dealkylation sites (N-methyl/N-ethyl adjacent to an activating group) is 2. The largest absolute Gasteiger partial charge is 0.362 e. The maximum absolute atomic E-state index is 11.9. The molecule has 0 aliphatic carbocycles. The number of nitrogens with two attached hydrogens (primary N) is 1. The third kappa shape index (κ3) is 3.31. The molecule has 0 fully saturated rings. The molecule has 1 aromatic carbocycles. The lowest BCUT2D eigenvalue weighted by Gasteiger charge is -2.26. The topological polar surface area (TPSA) is 71.2 Å². The highest BCUT2D eigenvalue weighted by atomic mass is 16.2. The molecule has 5 nitrogen and oxygen atoms in total. The molecule has 21 heavy (non-hydrogen) atoms. The lowest BCUT2D eigenvalue weighted by Crippen LogP contribution is -2.37. The molecule has 112 valence electrons. The Morgan fingerprint density at radius 2 is 2.10 bits per heavy atom. The van der Waals surface area contributed by atoms with Gasteiger partial charge < -0.3 is 16.0 Å². The number of para-hydroxylation sites is 1. The van der Waals surface area contributed by atoms with Gasteiger partial charge in [-0.2, -0.15) is 0 Å². The van der Waals surface area contributed by atoms with Crippen LogP contribution >= 0.6 is 0 Å². The molecule has 0 saturated carbocycles. The maximum atomic E-state index is 11.9. The van der Waals surface area contributed by atoms with E-state index in [9.17, 15) is 4.79 Å². The average molecular weight is 286 g/mol. The minimum Gasteiger partial charge on any atom is -0.362 e. The van der Waals surface area contributed by atoms with Gasteiger partial charge in [-0.3, -0.25) is 9.78 Å². The van der Waals surface area contributed by atoms with Crippen LogP contribution in [0.15, 0.2) is 30.5 Å². The van der Waals surface area contributed by atoms with Crippen LogP contribution in [0, 0.1) is 0 Å². The molecule has 0 aliphatic heterocycles. The molecule has 5 heteroatoms. The molecule has 2 rings (SSSR count). The SMILES string of the molecule is CCNC(=O)CN(CC)c1c(CN)cnc2ccccc12. The summed E-state index contributed by atoms with van der Waals surface area (Å²) in [6.07, 6.45) is 1.80. The molecule has 0 bridgehead atoms. The monoisotopic (exact) mass is 286 g/mol. The lowest BCUT2D eigenvalue weighted by molar-refractivity contribution is -0.119. The van der Waals surface area contributed by atoms with Crippen molar-refractivity contribution in [3.63, 3.8) is 0 Å². The lowest BCUT2D eigenvalue weighted by atomic mass is 10.1. The summed E-state index contributed by atoms with van der Waals surface area (Å²) in [5.41, 5.74) is 8.74. The fourth-order valence-corrected chi connectivity index (χ4v) is 2.47. The second kappa shape index (κ2) is 7.04. The fraction of sp³-hybridized carbons (Fsp3) is 0.375. The first-order chi connectivity index (χ1) is 10.2. The van der Waals surface area contributed by atoms with E-state index in [4.69, 9.17) is 5.73 Å². The van der Waals surface area contributed by atoms with Gasteiger partial charge in [0.1, 0.15) is 0 Å². The number of pyridine rings is 1. The molecule has 0 aliphatic rings. The first-order valence-electron chi connectivity index (χ1n) is 7.29. The van der Waals surface area contributed by atoms with Crippen LogP contribution in [0.25, 0.3) is 10.9 Å². The number of hydrogen-bond acceptors (Lipinski definition) is 4. The predicted molar refractivity (Wildman–Crippen MR) is 86.2 cm³/mol. The van der Waals surface area contributed by atoms with E-state index >= 15 is 0 Å². The molecule has 0 radical (unpaired) electrons. The predicted octanol–water partition coefficient (Wildman–Crippen LogP) is 1.66.